The quantitative estimate of drug-likeness (QED) is 0.579. The van der Waals surface area contributed by atoms with Crippen LogP contribution in [0.15, 0.2) is 28.6 Å². The molecule has 0 saturated carbocycles. The molecule has 0 fully saturated rings. The smallest absolute Gasteiger partial charge is 0.266 e. The maximum atomic E-state index is 12.1. The summed E-state index contributed by atoms with van der Waals surface area (Å²) in [7, 11) is 0. The van der Waals surface area contributed by atoms with Gasteiger partial charge in [0.25, 0.3) is 5.91 Å². The number of hydrogen-bond acceptors (Lipinski definition) is 6. The van der Waals surface area contributed by atoms with Gasteiger partial charge in [-0.2, -0.15) is 0 Å². The van der Waals surface area contributed by atoms with Crippen molar-refractivity contribution in [3.05, 3.63) is 29.3 Å². The maximum absolute atomic E-state index is 12.1. The number of carbonyl (C=O) groups excluding carboxylic acids is 1. The molecule has 2 rings (SSSR count). The van der Waals surface area contributed by atoms with Crippen LogP contribution >= 0.6 is 34.7 Å². The van der Waals surface area contributed by atoms with Crippen molar-refractivity contribution in [1.82, 2.24) is 10.2 Å². The van der Waals surface area contributed by atoms with Crippen LogP contribution in [-0.4, -0.2) is 28.0 Å². The van der Waals surface area contributed by atoms with Crippen LogP contribution in [0.1, 0.15) is 20.8 Å². The predicted molar refractivity (Wildman–Crippen MR) is 95.6 cm³/mol. The molecule has 8 heteroatoms. The summed E-state index contributed by atoms with van der Waals surface area (Å²) in [5.74, 6) is 1.82. The van der Waals surface area contributed by atoms with E-state index in [1.807, 2.05) is 0 Å². The molecular weight excluding hydrogens is 354 g/mol. The fourth-order valence-corrected chi connectivity index (χ4v) is 3.47. The number of aromatic nitrogens is 2. The molecule has 0 bridgehead atoms. The van der Waals surface area contributed by atoms with Gasteiger partial charge in [-0.15, -0.1) is 10.2 Å². The third kappa shape index (κ3) is 6.01. The molecule has 5 nitrogen and oxygen atoms in total. The number of hydrogen-bond donors (Lipinski definition) is 1. The van der Waals surface area contributed by atoms with Crippen LogP contribution in [0.4, 0.5) is 5.13 Å². The van der Waals surface area contributed by atoms with Crippen LogP contribution in [0, 0.1) is 5.92 Å². The Labute approximate surface area is 148 Å². The Morgan fingerprint density at radius 1 is 1.39 bits per heavy atom. The van der Waals surface area contributed by atoms with Gasteiger partial charge < -0.3 is 4.74 Å². The van der Waals surface area contributed by atoms with Crippen LogP contribution in [0.2, 0.25) is 5.02 Å². The van der Waals surface area contributed by atoms with E-state index in [4.69, 9.17) is 16.3 Å². The topological polar surface area (TPSA) is 64.1 Å². The lowest BCUT2D eigenvalue weighted by atomic mass is 10.3. The van der Waals surface area contributed by atoms with Crippen molar-refractivity contribution in [2.24, 2.45) is 5.92 Å². The van der Waals surface area contributed by atoms with Crippen LogP contribution in [0.3, 0.4) is 0 Å². The lowest BCUT2D eigenvalue weighted by molar-refractivity contribution is -0.122. The van der Waals surface area contributed by atoms with E-state index in [0.29, 0.717) is 21.8 Å². The number of nitrogens with zero attached hydrogens (tertiary/aromatic N) is 2. The van der Waals surface area contributed by atoms with Crippen LogP contribution in [0.5, 0.6) is 5.75 Å². The molecule has 1 amide bonds. The molecule has 2 aromatic rings. The second kappa shape index (κ2) is 8.52. The van der Waals surface area contributed by atoms with Gasteiger partial charge in [0.15, 0.2) is 10.4 Å². The average Bonchev–Trinajstić information content (AvgIpc) is 2.92. The highest BCUT2D eigenvalue weighted by atomic mass is 35.5. The largest absolute Gasteiger partial charge is 0.481 e. The lowest BCUT2D eigenvalue weighted by Crippen LogP contribution is -2.30. The molecule has 1 N–H and O–H groups in total. The van der Waals surface area contributed by atoms with Gasteiger partial charge in [0.2, 0.25) is 5.13 Å². The number of thioether (sulfide) groups is 1. The van der Waals surface area contributed by atoms with E-state index in [1.165, 1.54) is 11.3 Å². The number of halogens is 1. The summed E-state index contributed by atoms with van der Waals surface area (Å²) >= 11 is 8.89. The molecule has 1 aromatic heterocycles. The van der Waals surface area contributed by atoms with Crippen molar-refractivity contribution in [1.29, 1.82) is 0 Å². The first-order chi connectivity index (χ1) is 10.9. The number of benzene rings is 1. The Morgan fingerprint density at radius 3 is 2.87 bits per heavy atom. The SMILES string of the molecule is CC(C)CSc1nnc(NC(=O)C(C)Oc2cccc(Cl)c2)s1. The van der Waals surface area contributed by atoms with Gasteiger partial charge in [0.1, 0.15) is 5.75 Å². The zero-order chi connectivity index (χ0) is 16.8. The maximum Gasteiger partial charge on any atom is 0.266 e. The zero-order valence-corrected chi connectivity index (χ0v) is 15.5. The Kier molecular flexibility index (Phi) is 6.68. The molecule has 0 radical (unpaired) electrons. The van der Waals surface area contributed by atoms with Crippen molar-refractivity contribution < 1.29 is 9.53 Å². The third-order valence-electron chi connectivity index (χ3n) is 2.65. The third-order valence-corrected chi connectivity index (χ3v) is 5.29. The highest BCUT2D eigenvalue weighted by Crippen LogP contribution is 2.27. The van der Waals surface area contributed by atoms with Gasteiger partial charge in [0, 0.05) is 10.8 Å². The van der Waals surface area contributed by atoms with E-state index in [-0.39, 0.29) is 5.91 Å². The van der Waals surface area contributed by atoms with Gasteiger partial charge in [-0.1, -0.05) is 54.6 Å². The zero-order valence-electron chi connectivity index (χ0n) is 13.1. The normalized spacial score (nSPS) is 12.2. The van der Waals surface area contributed by atoms with Gasteiger partial charge >= 0.3 is 0 Å². The predicted octanol–water partition coefficient (Wildman–Crippen LogP) is 4.35. The molecule has 1 heterocycles. The summed E-state index contributed by atoms with van der Waals surface area (Å²) < 4.78 is 6.41. The molecular formula is C15H18ClN3O2S2. The summed E-state index contributed by atoms with van der Waals surface area (Å²) in [6.07, 6.45) is -0.663. The lowest BCUT2D eigenvalue weighted by Gasteiger charge is -2.13. The Bertz CT molecular complexity index is 664. The summed E-state index contributed by atoms with van der Waals surface area (Å²) in [4.78, 5) is 12.1. The van der Waals surface area contributed by atoms with Crippen molar-refractivity contribution in [2.75, 3.05) is 11.1 Å². The van der Waals surface area contributed by atoms with Crippen LogP contribution in [-0.2, 0) is 4.79 Å². The monoisotopic (exact) mass is 371 g/mol. The minimum atomic E-state index is -0.663. The fraction of sp³-hybridized carbons (Fsp3) is 0.400. The van der Waals surface area contributed by atoms with Gasteiger partial charge in [-0.25, -0.2) is 0 Å². The number of rotatable bonds is 7. The molecule has 0 aliphatic heterocycles. The number of anilines is 1. The molecule has 23 heavy (non-hydrogen) atoms. The summed E-state index contributed by atoms with van der Waals surface area (Å²) in [5, 5.41) is 11.8. The number of ether oxygens (including phenoxy) is 1. The first kappa shape index (κ1) is 18.0. The summed E-state index contributed by atoms with van der Waals surface area (Å²) in [5.41, 5.74) is 0. The van der Waals surface area contributed by atoms with Crippen LogP contribution in [0.25, 0.3) is 0 Å². The Morgan fingerprint density at radius 2 is 2.17 bits per heavy atom. The van der Waals surface area contributed by atoms with E-state index in [2.05, 4.69) is 29.4 Å². The summed E-state index contributed by atoms with van der Waals surface area (Å²) in [6.45, 7) is 5.96. The standard InChI is InChI=1S/C15H18ClN3O2S2/c1-9(2)8-22-15-19-18-14(23-15)17-13(20)10(3)21-12-6-4-5-11(16)7-12/h4-7,9-10H,8H2,1-3H3,(H,17,18,20). The molecule has 1 atom stereocenters. The number of nitrogens with one attached hydrogen (secondary N) is 1. The molecule has 0 spiro atoms. The van der Waals surface area contributed by atoms with Crippen molar-refractivity contribution >= 4 is 45.7 Å². The van der Waals surface area contributed by atoms with Crippen molar-refractivity contribution in [3.63, 3.8) is 0 Å². The molecule has 0 aliphatic rings. The molecule has 0 aliphatic carbocycles. The number of amides is 1. The van der Waals surface area contributed by atoms with E-state index in [0.717, 1.165) is 10.1 Å². The minimum Gasteiger partial charge on any atom is -0.481 e. The van der Waals surface area contributed by atoms with Crippen molar-refractivity contribution in [2.45, 2.75) is 31.2 Å². The Balaban J connectivity index is 1.88. The summed E-state index contributed by atoms with van der Waals surface area (Å²) in [6, 6.07) is 6.93. The van der Waals surface area contributed by atoms with E-state index in [1.54, 1.807) is 43.0 Å². The first-order valence-electron chi connectivity index (χ1n) is 7.13. The average molecular weight is 372 g/mol. The van der Waals surface area contributed by atoms with Gasteiger partial charge in [-0.05, 0) is 31.0 Å². The second-order valence-corrected chi connectivity index (χ2v) is 7.97. The van der Waals surface area contributed by atoms with E-state index < -0.39 is 6.10 Å². The number of carbonyl (C=O) groups is 1. The fourth-order valence-electron chi connectivity index (χ4n) is 1.56. The second-order valence-electron chi connectivity index (χ2n) is 5.28. The first-order valence-corrected chi connectivity index (χ1v) is 9.31. The van der Waals surface area contributed by atoms with Gasteiger partial charge in [0.05, 0.1) is 0 Å². The highest BCUT2D eigenvalue weighted by Gasteiger charge is 2.17. The van der Waals surface area contributed by atoms with Crippen molar-refractivity contribution in [3.8, 4) is 5.75 Å². The van der Waals surface area contributed by atoms with E-state index >= 15 is 0 Å². The van der Waals surface area contributed by atoms with Gasteiger partial charge in [-0.3, -0.25) is 10.1 Å². The van der Waals surface area contributed by atoms with E-state index in [9.17, 15) is 4.79 Å². The highest BCUT2D eigenvalue weighted by molar-refractivity contribution is 8.01. The minimum absolute atomic E-state index is 0.276. The molecule has 124 valence electrons. The van der Waals surface area contributed by atoms with Crippen LogP contribution < -0.4 is 10.1 Å². The Hall–Kier alpha value is -1.31. The molecule has 0 saturated heterocycles. The molecule has 1 unspecified atom stereocenters. The molecule has 1 aromatic carbocycles.